The van der Waals surface area contributed by atoms with E-state index in [0.717, 1.165) is 12.1 Å². The molecule has 17 heavy (non-hydrogen) atoms. The van der Waals surface area contributed by atoms with Crippen molar-refractivity contribution in [1.82, 2.24) is 4.98 Å². The fourth-order valence-corrected chi connectivity index (χ4v) is 1.30. The molecular weight excluding hydrogens is 228 g/mol. The van der Waals surface area contributed by atoms with Gasteiger partial charge in [-0.2, -0.15) is 0 Å². The van der Waals surface area contributed by atoms with Gasteiger partial charge in [0.25, 0.3) is 0 Å². The van der Waals surface area contributed by atoms with Crippen LogP contribution in [0.1, 0.15) is 0 Å². The molecule has 88 valence electrons. The number of hydrogen-bond donors (Lipinski definition) is 3. The Morgan fingerprint density at radius 1 is 1.12 bits per heavy atom. The van der Waals surface area contributed by atoms with Crippen molar-refractivity contribution in [3.8, 4) is 0 Å². The van der Waals surface area contributed by atoms with Gasteiger partial charge in [-0.1, -0.05) is 0 Å². The standard InChI is InChI=1S/C11H9F2N3O/c12-7-1-2-10(9(13)5-7)15-11-6-8(16-17)3-4-14-11/h1-6,17H,(H2,14,15,16). The van der Waals surface area contributed by atoms with Crippen molar-refractivity contribution in [2.45, 2.75) is 0 Å². The second-order valence-corrected chi connectivity index (χ2v) is 3.29. The number of halogens is 2. The first-order chi connectivity index (χ1) is 8.19. The molecule has 1 aromatic heterocycles. The predicted molar refractivity (Wildman–Crippen MR) is 59.3 cm³/mol. The lowest BCUT2D eigenvalue weighted by Gasteiger charge is -2.07. The largest absolute Gasteiger partial charge is 0.338 e. The van der Waals surface area contributed by atoms with Gasteiger partial charge in [0.2, 0.25) is 0 Å². The normalized spacial score (nSPS) is 10.1. The van der Waals surface area contributed by atoms with Crippen LogP contribution in [-0.4, -0.2) is 10.2 Å². The Labute approximate surface area is 95.9 Å². The van der Waals surface area contributed by atoms with Crippen LogP contribution in [0.5, 0.6) is 0 Å². The molecule has 0 saturated heterocycles. The number of hydrogen-bond acceptors (Lipinski definition) is 4. The van der Waals surface area contributed by atoms with Crippen LogP contribution < -0.4 is 10.8 Å². The lowest BCUT2D eigenvalue weighted by molar-refractivity contribution is 0.389. The Bertz CT molecular complexity index is 534. The van der Waals surface area contributed by atoms with Crippen molar-refractivity contribution >= 4 is 17.2 Å². The molecule has 3 N–H and O–H groups in total. The molecule has 2 aromatic rings. The van der Waals surface area contributed by atoms with Crippen LogP contribution in [0.3, 0.4) is 0 Å². The van der Waals surface area contributed by atoms with Crippen LogP contribution in [0.15, 0.2) is 36.5 Å². The van der Waals surface area contributed by atoms with E-state index in [1.165, 1.54) is 24.4 Å². The monoisotopic (exact) mass is 237 g/mol. The zero-order valence-electron chi connectivity index (χ0n) is 8.61. The van der Waals surface area contributed by atoms with Crippen LogP contribution in [-0.2, 0) is 0 Å². The van der Waals surface area contributed by atoms with E-state index in [2.05, 4.69) is 10.3 Å². The summed E-state index contributed by atoms with van der Waals surface area (Å²) in [7, 11) is 0. The van der Waals surface area contributed by atoms with Gasteiger partial charge in [-0.25, -0.2) is 13.8 Å². The summed E-state index contributed by atoms with van der Waals surface area (Å²) in [5, 5.41) is 11.4. The summed E-state index contributed by atoms with van der Waals surface area (Å²) in [4.78, 5) is 3.92. The van der Waals surface area contributed by atoms with Crippen molar-refractivity contribution in [1.29, 1.82) is 0 Å². The van der Waals surface area contributed by atoms with Crippen LogP contribution in [0, 0.1) is 11.6 Å². The van der Waals surface area contributed by atoms with E-state index in [-0.39, 0.29) is 5.69 Å². The smallest absolute Gasteiger partial charge is 0.149 e. The van der Waals surface area contributed by atoms with Crippen molar-refractivity contribution in [3.05, 3.63) is 48.2 Å². The summed E-state index contributed by atoms with van der Waals surface area (Å²) >= 11 is 0. The first kappa shape index (κ1) is 11.3. The Morgan fingerprint density at radius 3 is 2.65 bits per heavy atom. The Hall–Kier alpha value is -2.21. The van der Waals surface area contributed by atoms with E-state index in [9.17, 15) is 8.78 Å². The molecule has 0 radical (unpaired) electrons. The fourth-order valence-electron chi connectivity index (χ4n) is 1.30. The number of rotatable bonds is 3. The number of anilines is 3. The van der Waals surface area contributed by atoms with E-state index >= 15 is 0 Å². The summed E-state index contributed by atoms with van der Waals surface area (Å²) in [6.07, 6.45) is 1.43. The molecule has 2 rings (SSSR count). The maximum absolute atomic E-state index is 13.3. The minimum atomic E-state index is -0.714. The molecule has 0 aliphatic heterocycles. The SMILES string of the molecule is ONc1ccnc(Nc2ccc(F)cc2F)c1. The summed E-state index contributed by atoms with van der Waals surface area (Å²) in [6, 6.07) is 6.19. The zero-order valence-corrected chi connectivity index (χ0v) is 8.61. The van der Waals surface area contributed by atoms with Gasteiger partial charge >= 0.3 is 0 Å². The predicted octanol–water partition coefficient (Wildman–Crippen LogP) is 2.90. The molecular formula is C11H9F2N3O. The average molecular weight is 237 g/mol. The van der Waals surface area contributed by atoms with Crippen molar-refractivity contribution < 1.29 is 14.0 Å². The third kappa shape index (κ3) is 2.67. The Morgan fingerprint density at radius 2 is 1.94 bits per heavy atom. The minimum Gasteiger partial charge on any atom is -0.338 e. The quantitative estimate of drug-likeness (QED) is 0.718. The molecule has 1 aromatic carbocycles. The van der Waals surface area contributed by atoms with Crippen LogP contribution >= 0.6 is 0 Å². The highest BCUT2D eigenvalue weighted by atomic mass is 19.1. The maximum Gasteiger partial charge on any atom is 0.149 e. The minimum absolute atomic E-state index is 0.106. The van der Waals surface area contributed by atoms with Gasteiger partial charge in [-0.05, 0) is 18.2 Å². The highest BCUT2D eigenvalue weighted by Crippen LogP contribution is 2.20. The van der Waals surface area contributed by atoms with Gasteiger partial charge in [-0.15, -0.1) is 0 Å². The molecule has 0 aliphatic carbocycles. The number of pyridine rings is 1. The van der Waals surface area contributed by atoms with E-state index in [0.29, 0.717) is 11.5 Å². The first-order valence-corrected chi connectivity index (χ1v) is 4.77. The van der Waals surface area contributed by atoms with E-state index in [1.807, 2.05) is 5.48 Å². The van der Waals surface area contributed by atoms with Gasteiger partial charge in [-0.3, -0.25) is 10.7 Å². The molecule has 0 spiro atoms. The molecule has 1 heterocycles. The molecule has 0 bridgehead atoms. The van der Waals surface area contributed by atoms with E-state index in [4.69, 9.17) is 5.21 Å². The van der Waals surface area contributed by atoms with Gasteiger partial charge in [0.15, 0.2) is 0 Å². The third-order valence-corrected chi connectivity index (χ3v) is 2.08. The van der Waals surface area contributed by atoms with Crippen LogP contribution in [0.25, 0.3) is 0 Å². The van der Waals surface area contributed by atoms with Crippen molar-refractivity contribution in [3.63, 3.8) is 0 Å². The number of aromatic nitrogens is 1. The zero-order chi connectivity index (χ0) is 12.3. The molecule has 0 amide bonds. The van der Waals surface area contributed by atoms with Gasteiger partial charge in [0.05, 0.1) is 11.4 Å². The summed E-state index contributed by atoms with van der Waals surface area (Å²) in [5.74, 6) is -1.03. The second-order valence-electron chi connectivity index (χ2n) is 3.29. The van der Waals surface area contributed by atoms with Gasteiger partial charge < -0.3 is 5.32 Å². The van der Waals surface area contributed by atoms with Gasteiger partial charge in [0, 0.05) is 18.3 Å². The topological polar surface area (TPSA) is 57.2 Å². The second kappa shape index (κ2) is 4.75. The molecule has 0 fully saturated rings. The lowest BCUT2D eigenvalue weighted by atomic mass is 10.3. The fraction of sp³-hybridized carbons (Fsp3) is 0. The highest BCUT2D eigenvalue weighted by Gasteiger charge is 2.04. The summed E-state index contributed by atoms with van der Waals surface area (Å²) in [5.41, 5.74) is 2.46. The Balaban J connectivity index is 2.25. The van der Waals surface area contributed by atoms with Crippen molar-refractivity contribution in [2.24, 2.45) is 0 Å². The number of nitrogens with zero attached hydrogens (tertiary/aromatic N) is 1. The first-order valence-electron chi connectivity index (χ1n) is 4.77. The average Bonchev–Trinajstić information content (AvgIpc) is 2.33. The Kier molecular flexibility index (Phi) is 3.15. The molecule has 0 saturated carbocycles. The highest BCUT2D eigenvalue weighted by molar-refractivity contribution is 5.60. The molecule has 0 atom stereocenters. The maximum atomic E-state index is 13.3. The number of benzene rings is 1. The summed E-state index contributed by atoms with van der Waals surface area (Å²) in [6.45, 7) is 0. The van der Waals surface area contributed by atoms with E-state index in [1.54, 1.807) is 0 Å². The van der Waals surface area contributed by atoms with E-state index < -0.39 is 11.6 Å². The molecule has 6 heteroatoms. The summed E-state index contributed by atoms with van der Waals surface area (Å²) < 4.78 is 26.0. The van der Waals surface area contributed by atoms with Crippen LogP contribution in [0.4, 0.5) is 26.0 Å². The molecule has 0 unspecified atom stereocenters. The third-order valence-electron chi connectivity index (χ3n) is 2.08. The lowest BCUT2D eigenvalue weighted by Crippen LogP contribution is -1.98. The van der Waals surface area contributed by atoms with Crippen molar-refractivity contribution in [2.75, 3.05) is 10.8 Å². The molecule has 0 aliphatic rings. The molecule has 4 nitrogen and oxygen atoms in total. The van der Waals surface area contributed by atoms with Crippen LogP contribution in [0.2, 0.25) is 0 Å². The number of nitrogens with one attached hydrogen (secondary N) is 2. The van der Waals surface area contributed by atoms with Gasteiger partial charge in [0.1, 0.15) is 17.5 Å².